The van der Waals surface area contributed by atoms with E-state index >= 15 is 0 Å². The number of methoxy groups -OCH3 is 1. The average molecular weight is 188 g/mol. The molecular weight excluding hydrogens is 164 g/mol. The van der Waals surface area contributed by atoms with Crippen molar-refractivity contribution in [1.82, 2.24) is 10.2 Å². The first kappa shape index (κ1) is 12.9. The van der Waals surface area contributed by atoms with Gasteiger partial charge < -0.3 is 15.0 Å². The summed E-state index contributed by atoms with van der Waals surface area (Å²) in [5.74, 6) is 0.627. The summed E-state index contributed by atoms with van der Waals surface area (Å²) < 4.78 is 5.15. The van der Waals surface area contributed by atoms with Gasteiger partial charge in [-0.25, -0.2) is 0 Å². The summed E-state index contributed by atoms with van der Waals surface area (Å²) in [5, 5.41) is 3.48. The van der Waals surface area contributed by atoms with Crippen LogP contribution < -0.4 is 5.32 Å². The van der Waals surface area contributed by atoms with Crippen molar-refractivity contribution in [3.63, 3.8) is 0 Å². The summed E-state index contributed by atoms with van der Waals surface area (Å²) in [4.78, 5) is 2.18. The van der Waals surface area contributed by atoms with E-state index < -0.39 is 0 Å². The van der Waals surface area contributed by atoms with E-state index in [9.17, 15) is 0 Å². The third-order valence-corrected chi connectivity index (χ3v) is 2.12. The second-order valence-electron chi connectivity index (χ2n) is 4.06. The van der Waals surface area contributed by atoms with Crippen molar-refractivity contribution in [3.8, 4) is 0 Å². The molecule has 0 saturated carbocycles. The van der Waals surface area contributed by atoms with Gasteiger partial charge in [0.2, 0.25) is 0 Å². The second-order valence-corrected chi connectivity index (χ2v) is 4.06. The Bertz CT molecular complexity index is 115. The Morgan fingerprint density at radius 3 is 2.31 bits per heavy atom. The smallest absolute Gasteiger partial charge is 0.0618 e. The summed E-state index contributed by atoms with van der Waals surface area (Å²) in [5.41, 5.74) is 0. The number of nitrogens with zero attached hydrogens (tertiary/aromatic N) is 1. The molecule has 0 saturated heterocycles. The van der Waals surface area contributed by atoms with Crippen molar-refractivity contribution >= 4 is 0 Å². The summed E-state index contributed by atoms with van der Waals surface area (Å²) in [6.07, 6.45) is 0. The largest absolute Gasteiger partial charge is 0.383 e. The van der Waals surface area contributed by atoms with Crippen LogP contribution in [0.25, 0.3) is 0 Å². The van der Waals surface area contributed by atoms with Gasteiger partial charge in [0.1, 0.15) is 0 Å². The maximum Gasteiger partial charge on any atom is 0.0618 e. The summed E-state index contributed by atoms with van der Waals surface area (Å²) >= 11 is 0. The van der Waals surface area contributed by atoms with Gasteiger partial charge in [0.05, 0.1) is 6.61 Å². The van der Waals surface area contributed by atoms with E-state index in [2.05, 4.69) is 38.2 Å². The molecule has 0 heterocycles. The third-order valence-electron chi connectivity index (χ3n) is 2.12. The van der Waals surface area contributed by atoms with E-state index in [1.165, 1.54) is 0 Å². The molecule has 0 aromatic carbocycles. The standard InChI is InChI=1S/C10H24N2O/c1-9(2)10(8-13-5)11-6-7-12(3)4/h9-11H,6-8H2,1-5H3. The molecule has 0 radical (unpaired) electrons. The van der Waals surface area contributed by atoms with Gasteiger partial charge in [-0.05, 0) is 20.0 Å². The molecule has 3 nitrogen and oxygen atoms in total. The molecular formula is C10H24N2O. The van der Waals surface area contributed by atoms with Crippen LogP contribution in [0.15, 0.2) is 0 Å². The molecule has 1 N–H and O–H groups in total. The van der Waals surface area contributed by atoms with Crippen LogP contribution in [0.5, 0.6) is 0 Å². The monoisotopic (exact) mass is 188 g/mol. The molecule has 1 atom stereocenters. The van der Waals surface area contributed by atoms with Gasteiger partial charge in [-0.1, -0.05) is 13.8 Å². The molecule has 0 fully saturated rings. The molecule has 13 heavy (non-hydrogen) atoms. The van der Waals surface area contributed by atoms with Crippen molar-refractivity contribution in [3.05, 3.63) is 0 Å². The van der Waals surface area contributed by atoms with Crippen LogP contribution in [0, 0.1) is 5.92 Å². The van der Waals surface area contributed by atoms with Gasteiger partial charge in [-0.3, -0.25) is 0 Å². The Balaban J connectivity index is 3.57. The first-order valence-corrected chi connectivity index (χ1v) is 4.95. The topological polar surface area (TPSA) is 24.5 Å². The lowest BCUT2D eigenvalue weighted by molar-refractivity contribution is 0.146. The Kier molecular flexibility index (Phi) is 7.23. The first-order valence-electron chi connectivity index (χ1n) is 4.95. The predicted octanol–water partition coefficient (Wildman–Crippen LogP) is 0.809. The quantitative estimate of drug-likeness (QED) is 0.640. The Hall–Kier alpha value is -0.120. The van der Waals surface area contributed by atoms with Crippen molar-refractivity contribution in [2.75, 3.05) is 40.9 Å². The van der Waals surface area contributed by atoms with E-state index in [1.807, 2.05) is 0 Å². The number of rotatable bonds is 7. The SMILES string of the molecule is COCC(NCCN(C)C)C(C)C. The molecule has 0 aromatic rings. The first-order chi connectivity index (χ1) is 6.07. The lowest BCUT2D eigenvalue weighted by Crippen LogP contribution is -2.41. The molecule has 1 unspecified atom stereocenters. The van der Waals surface area contributed by atoms with Crippen LogP contribution in [-0.4, -0.2) is 51.8 Å². The molecule has 0 spiro atoms. The molecule has 80 valence electrons. The fourth-order valence-electron chi connectivity index (χ4n) is 1.14. The highest BCUT2D eigenvalue weighted by Gasteiger charge is 2.11. The fraction of sp³-hybridized carbons (Fsp3) is 1.00. The maximum absolute atomic E-state index is 5.15. The van der Waals surface area contributed by atoms with Crippen molar-refractivity contribution in [1.29, 1.82) is 0 Å². The van der Waals surface area contributed by atoms with E-state index in [0.717, 1.165) is 19.7 Å². The molecule has 0 aromatic heterocycles. The Labute approximate surface area is 82.4 Å². The molecule has 0 rings (SSSR count). The van der Waals surface area contributed by atoms with Crippen LogP contribution in [0.3, 0.4) is 0 Å². The minimum absolute atomic E-state index is 0.477. The summed E-state index contributed by atoms with van der Waals surface area (Å²) in [7, 11) is 5.92. The van der Waals surface area contributed by atoms with E-state index in [-0.39, 0.29) is 0 Å². The molecule has 0 aliphatic rings. The highest BCUT2D eigenvalue weighted by molar-refractivity contribution is 4.69. The van der Waals surface area contributed by atoms with Crippen LogP contribution >= 0.6 is 0 Å². The lowest BCUT2D eigenvalue weighted by atomic mass is 10.1. The minimum Gasteiger partial charge on any atom is -0.383 e. The lowest BCUT2D eigenvalue weighted by Gasteiger charge is -2.22. The van der Waals surface area contributed by atoms with E-state index in [4.69, 9.17) is 4.74 Å². The highest BCUT2D eigenvalue weighted by Crippen LogP contribution is 2.00. The predicted molar refractivity (Wildman–Crippen MR) is 57.1 cm³/mol. The molecule has 0 aliphatic heterocycles. The number of nitrogens with one attached hydrogen (secondary N) is 1. The highest BCUT2D eigenvalue weighted by atomic mass is 16.5. The molecule has 0 aliphatic carbocycles. The molecule has 3 heteroatoms. The number of hydrogen-bond acceptors (Lipinski definition) is 3. The number of likely N-dealkylation sites (N-methyl/N-ethyl adjacent to an activating group) is 1. The summed E-state index contributed by atoms with van der Waals surface area (Å²) in [6.45, 7) is 7.33. The Morgan fingerprint density at radius 1 is 1.31 bits per heavy atom. The van der Waals surface area contributed by atoms with E-state index in [1.54, 1.807) is 7.11 Å². The molecule has 0 amide bonds. The second kappa shape index (κ2) is 7.30. The van der Waals surface area contributed by atoms with Crippen LogP contribution in [0.1, 0.15) is 13.8 Å². The average Bonchev–Trinajstić information content (AvgIpc) is 2.02. The van der Waals surface area contributed by atoms with Gasteiger partial charge in [0.15, 0.2) is 0 Å². The van der Waals surface area contributed by atoms with Crippen LogP contribution in [0.2, 0.25) is 0 Å². The van der Waals surface area contributed by atoms with Crippen LogP contribution in [0.4, 0.5) is 0 Å². The van der Waals surface area contributed by atoms with Gasteiger partial charge in [-0.15, -0.1) is 0 Å². The van der Waals surface area contributed by atoms with Gasteiger partial charge in [0.25, 0.3) is 0 Å². The van der Waals surface area contributed by atoms with Crippen LogP contribution in [-0.2, 0) is 4.74 Å². The Morgan fingerprint density at radius 2 is 1.92 bits per heavy atom. The number of ether oxygens (including phenoxy) is 1. The van der Waals surface area contributed by atoms with Crippen molar-refractivity contribution in [2.45, 2.75) is 19.9 Å². The third kappa shape index (κ3) is 6.99. The zero-order valence-electron chi connectivity index (χ0n) is 9.63. The number of hydrogen-bond donors (Lipinski definition) is 1. The summed E-state index contributed by atoms with van der Waals surface area (Å²) in [6, 6.07) is 0.477. The maximum atomic E-state index is 5.15. The van der Waals surface area contributed by atoms with Crippen molar-refractivity contribution < 1.29 is 4.74 Å². The van der Waals surface area contributed by atoms with Gasteiger partial charge in [0, 0.05) is 26.2 Å². The van der Waals surface area contributed by atoms with E-state index in [0.29, 0.717) is 12.0 Å². The van der Waals surface area contributed by atoms with Crippen molar-refractivity contribution in [2.24, 2.45) is 5.92 Å². The zero-order chi connectivity index (χ0) is 10.3. The van der Waals surface area contributed by atoms with Gasteiger partial charge >= 0.3 is 0 Å². The zero-order valence-corrected chi connectivity index (χ0v) is 9.63. The minimum atomic E-state index is 0.477. The fourth-order valence-corrected chi connectivity index (χ4v) is 1.14. The van der Waals surface area contributed by atoms with Gasteiger partial charge in [-0.2, -0.15) is 0 Å². The normalized spacial score (nSPS) is 14.1. The molecule has 0 bridgehead atoms.